The van der Waals surface area contributed by atoms with Crippen LogP contribution in [0.15, 0.2) is 48.8 Å². The summed E-state index contributed by atoms with van der Waals surface area (Å²) in [5.41, 5.74) is 1.84. The fourth-order valence-corrected chi connectivity index (χ4v) is 4.17. The Morgan fingerprint density at radius 3 is 2.61 bits per heavy atom. The van der Waals surface area contributed by atoms with Crippen LogP contribution < -0.4 is 5.32 Å². The number of amides is 1. The van der Waals surface area contributed by atoms with E-state index in [2.05, 4.69) is 10.4 Å². The SMILES string of the molecule is CC(NC(=O)Cn1nc(C(F)(F)F)c2c1CCCCC2)c1cccc(-n2cccc2)c1. The zero-order chi connectivity index (χ0) is 22.0. The lowest BCUT2D eigenvalue weighted by molar-refractivity contribution is -0.142. The van der Waals surface area contributed by atoms with Crippen molar-refractivity contribution in [1.82, 2.24) is 19.7 Å². The van der Waals surface area contributed by atoms with E-state index in [-0.39, 0.29) is 24.1 Å². The maximum atomic E-state index is 13.5. The largest absolute Gasteiger partial charge is 0.435 e. The van der Waals surface area contributed by atoms with Gasteiger partial charge in [-0.3, -0.25) is 9.48 Å². The molecule has 1 amide bonds. The van der Waals surface area contributed by atoms with Crippen molar-refractivity contribution < 1.29 is 18.0 Å². The molecule has 0 saturated carbocycles. The van der Waals surface area contributed by atoms with Crippen molar-refractivity contribution in [3.05, 3.63) is 71.3 Å². The molecule has 8 heteroatoms. The lowest BCUT2D eigenvalue weighted by atomic mass is 10.1. The van der Waals surface area contributed by atoms with E-state index in [1.165, 1.54) is 4.68 Å². The normalized spacial score (nSPS) is 15.2. The maximum Gasteiger partial charge on any atom is 0.435 e. The number of benzene rings is 1. The summed E-state index contributed by atoms with van der Waals surface area (Å²) in [4.78, 5) is 12.7. The Kier molecular flexibility index (Phi) is 5.89. The molecule has 1 aliphatic rings. The predicted molar refractivity (Wildman–Crippen MR) is 111 cm³/mol. The van der Waals surface area contributed by atoms with Gasteiger partial charge < -0.3 is 9.88 Å². The van der Waals surface area contributed by atoms with Gasteiger partial charge in [0.1, 0.15) is 6.54 Å². The molecule has 4 rings (SSSR count). The molecule has 0 aliphatic heterocycles. The van der Waals surface area contributed by atoms with Crippen LogP contribution in [0.1, 0.15) is 54.7 Å². The minimum atomic E-state index is -4.51. The highest BCUT2D eigenvalue weighted by Gasteiger charge is 2.39. The number of nitrogens with one attached hydrogen (secondary N) is 1. The first kappa shape index (κ1) is 21.2. The van der Waals surface area contributed by atoms with Crippen LogP contribution in [0.2, 0.25) is 0 Å². The lowest BCUT2D eigenvalue weighted by Gasteiger charge is -2.16. The molecular formula is C23H25F3N4O. The Labute approximate surface area is 178 Å². The lowest BCUT2D eigenvalue weighted by Crippen LogP contribution is -2.31. The number of hydrogen-bond donors (Lipinski definition) is 1. The van der Waals surface area contributed by atoms with Crippen LogP contribution in [0.4, 0.5) is 13.2 Å². The topological polar surface area (TPSA) is 51.9 Å². The van der Waals surface area contributed by atoms with Crippen LogP contribution in [-0.4, -0.2) is 20.3 Å². The summed E-state index contributed by atoms with van der Waals surface area (Å²) in [5, 5.41) is 6.70. The molecule has 164 valence electrons. The van der Waals surface area contributed by atoms with Gasteiger partial charge in [0.25, 0.3) is 0 Å². The van der Waals surface area contributed by atoms with E-state index in [4.69, 9.17) is 0 Å². The van der Waals surface area contributed by atoms with Crippen molar-refractivity contribution in [2.24, 2.45) is 0 Å². The fourth-order valence-electron chi connectivity index (χ4n) is 4.17. The van der Waals surface area contributed by atoms with Gasteiger partial charge >= 0.3 is 6.18 Å². The number of fused-ring (bicyclic) bond motifs is 1. The van der Waals surface area contributed by atoms with Crippen LogP contribution in [0.3, 0.4) is 0 Å². The molecule has 31 heavy (non-hydrogen) atoms. The molecule has 1 unspecified atom stereocenters. The quantitative estimate of drug-likeness (QED) is 0.589. The Bertz CT molecular complexity index is 1050. The number of carbonyl (C=O) groups excluding carboxylic acids is 1. The average molecular weight is 430 g/mol. The van der Waals surface area contributed by atoms with Crippen molar-refractivity contribution in [2.75, 3.05) is 0 Å². The number of carbonyl (C=O) groups is 1. The summed E-state index contributed by atoms with van der Waals surface area (Å²) in [6, 6.07) is 11.3. The molecule has 0 radical (unpaired) electrons. The summed E-state index contributed by atoms with van der Waals surface area (Å²) in [6.45, 7) is 1.64. The molecule has 1 atom stereocenters. The van der Waals surface area contributed by atoms with E-state index >= 15 is 0 Å². The molecule has 0 bridgehead atoms. The van der Waals surface area contributed by atoms with Crippen molar-refractivity contribution in [2.45, 2.75) is 57.8 Å². The first-order valence-electron chi connectivity index (χ1n) is 10.5. The average Bonchev–Trinajstić information content (AvgIpc) is 3.31. The van der Waals surface area contributed by atoms with E-state index in [0.717, 1.165) is 24.1 Å². The Morgan fingerprint density at radius 1 is 1.13 bits per heavy atom. The fraction of sp³-hybridized carbons (Fsp3) is 0.391. The van der Waals surface area contributed by atoms with Gasteiger partial charge in [-0.15, -0.1) is 0 Å². The van der Waals surface area contributed by atoms with Crippen LogP contribution in [0.5, 0.6) is 0 Å². The first-order valence-corrected chi connectivity index (χ1v) is 10.5. The number of nitrogens with zero attached hydrogens (tertiary/aromatic N) is 3. The Balaban J connectivity index is 1.50. The highest BCUT2D eigenvalue weighted by molar-refractivity contribution is 5.76. The first-order chi connectivity index (χ1) is 14.8. The van der Waals surface area contributed by atoms with Gasteiger partial charge in [-0.2, -0.15) is 18.3 Å². The number of aromatic nitrogens is 3. The summed E-state index contributed by atoms with van der Waals surface area (Å²) < 4.78 is 43.6. The minimum absolute atomic E-state index is 0.222. The van der Waals surface area contributed by atoms with Crippen LogP contribution in [0.25, 0.3) is 5.69 Å². The molecule has 1 N–H and O–H groups in total. The number of halogens is 3. The summed E-state index contributed by atoms with van der Waals surface area (Å²) in [6.07, 6.45) is 2.63. The van der Waals surface area contributed by atoms with E-state index < -0.39 is 11.9 Å². The van der Waals surface area contributed by atoms with Crippen LogP contribution in [-0.2, 0) is 30.4 Å². The van der Waals surface area contributed by atoms with E-state index in [9.17, 15) is 18.0 Å². The molecule has 2 heterocycles. The molecule has 5 nitrogen and oxygen atoms in total. The third-order valence-corrected chi connectivity index (χ3v) is 5.72. The molecule has 1 aromatic carbocycles. The predicted octanol–water partition coefficient (Wildman–Crippen LogP) is 4.84. The number of hydrogen-bond acceptors (Lipinski definition) is 2. The minimum Gasteiger partial charge on any atom is -0.348 e. The second kappa shape index (κ2) is 8.61. The monoisotopic (exact) mass is 430 g/mol. The van der Waals surface area contributed by atoms with Crippen LogP contribution >= 0.6 is 0 Å². The maximum absolute atomic E-state index is 13.5. The Morgan fingerprint density at radius 2 is 1.87 bits per heavy atom. The van der Waals surface area contributed by atoms with E-state index in [1.54, 1.807) is 0 Å². The highest BCUT2D eigenvalue weighted by atomic mass is 19.4. The second-order valence-electron chi connectivity index (χ2n) is 7.96. The van der Waals surface area contributed by atoms with Crippen molar-refractivity contribution in [1.29, 1.82) is 0 Å². The Hall–Kier alpha value is -3.03. The zero-order valence-corrected chi connectivity index (χ0v) is 17.3. The van der Waals surface area contributed by atoms with Gasteiger partial charge in [0.05, 0.1) is 6.04 Å². The molecule has 2 aromatic heterocycles. The molecule has 1 aliphatic carbocycles. The smallest absolute Gasteiger partial charge is 0.348 e. The van der Waals surface area contributed by atoms with Crippen molar-refractivity contribution in [3.63, 3.8) is 0 Å². The number of rotatable bonds is 5. The summed E-state index contributed by atoms with van der Waals surface area (Å²) in [7, 11) is 0. The van der Waals surface area contributed by atoms with Crippen LogP contribution in [0, 0.1) is 0 Å². The van der Waals surface area contributed by atoms with Gasteiger partial charge in [0, 0.05) is 29.3 Å². The van der Waals surface area contributed by atoms with Gasteiger partial charge in [0.2, 0.25) is 5.91 Å². The van der Waals surface area contributed by atoms with E-state index in [0.29, 0.717) is 25.0 Å². The molecule has 0 spiro atoms. The van der Waals surface area contributed by atoms with Gasteiger partial charge in [-0.05, 0) is 62.4 Å². The second-order valence-corrected chi connectivity index (χ2v) is 7.96. The molecule has 0 fully saturated rings. The highest BCUT2D eigenvalue weighted by Crippen LogP contribution is 2.35. The van der Waals surface area contributed by atoms with E-state index in [1.807, 2.05) is 60.3 Å². The van der Waals surface area contributed by atoms with Gasteiger partial charge in [-0.25, -0.2) is 0 Å². The van der Waals surface area contributed by atoms with Gasteiger partial charge in [0.15, 0.2) is 5.69 Å². The summed E-state index contributed by atoms with van der Waals surface area (Å²) in [5.74, 6) is -0.359. The number of alkyl halides is 3. The molecule has 3 aromatic rings. The third kappa shape index (κ3) is 4.68. The van der Waals surface area contributed by atoms with Crippen molar-refractivity contribution >= 4 is 5.91 Å². The molecular weight excluding hydrogens is 405 g/mol. The van der Waals surface area contributed by atoms with Gasteiger partial charge in [-0.1, -0.05) is 18.6 Å². The zero-order valence-electron chi connectivity index (χ0n) is 17.3. The van der Waals surface area contributed by atoms with Crippen molar-refractivity contribution in [3.8, 4) is 5.69 Å². The molecule has 0 saturated heterocycles. The summed E-state index contributed by atoms with van der Waals surface area (Å²) >= 11 is 0. The standard InChI is InChI=1S/C23H25F3N4O/c1-16(17-8-7-9-18(14-17)29-12-5-6-13-29)27-21(31)15-30-20-11-4-2-3-10-19(20)22(28-30)23(24,25)26/h5-9,12-14,16H,2-4,10-11,15H2,1H3,(H,27,31). The third-order valence-electron chi connectivity index (χ3n) is 5.72.